The van der Waals surface area contributed by atoms with E-state index >= 15 is 0 Å². The highest BCUT2D eigenvalue weighted by molar-refractivity contribution is 5.98. The molecule has 1 aliphatic rings. The topological polar surface area (TPSA) is 56.6 Å². The van der Waals surface area contributed by atoms with Gasteiger partial charge < -0.3 is 18.9 Å². The second-order valence-corrected chi connectivity index (χ2v) is 8.48. The van der Waals surface area contributed by atoms with E-state index in [1.54, 1.807) is 19.1 Å². The summed E-state index contributed by atoms with van der Waals surface area (Å²) in [5.41, 5.74) is 5.20. The van der Waals surface area contributed by atoms with Crippen molar-refractivity contribution in [2.75, 3.05) is 25.7 Å². The van der Waals surface area contributed by atoms with Crippen molar-refractivity contribution in [2.45, 2.75) is 25.8 Å². The Morgan fingerprint density at radius 1 is 1.00 bits per heavy atom. The third-order valence-corrected chi connectivity index (χ3v) is 6.27. The van der Waals surface area contributed by atoms with Gasteiger partial charge in [0.1, 0.15) is 17.3 Å². The lowest BCUT2D eigenvalue weighted by molar-refractivity contribution is -0.117. The maximum Gasteiger partial charge on any atom is 0.227 e. The van der Waals surface area contributed by atoms with Crippen molar-refractivity contribution in [3.63, 3.8) is 0 Å². The molecular formula is C27H27N3O3. The summed E-state index contributed by atoms with van der Waals surface area (Å²) in [6.45, 7) is 3.36. The van der Waals surface area contributed by atoms with E-state index in [1.807, 2.05) is 36.4 Å². The van der Waals surface area contributed by atoms with Gasteiger partial charge >= 0.3 is 0 Å². The molecule has 1 aliphatic heterocycles. The van der Waals surface area contributed by atoms with E-state index in [9.17, 15) is 4.79 Å². The van der Waals surface area contributed by atoms with Crippen LogP contribution in [0.3, 0.4) is 0 Å². The summed E-state index contributed by atoms with van der Waals surface area (Å²) in [4.78, 5) is 19.9. The van der Waals surface area contributed by atoms with Crippen molar-refractivity contribution in [1.29, 1.82) is 0 Å². The highest BCUT2D eigenvalue weighted by atomic mass is 16.5. The molecule has 5 rings (SSSR count). The molecule has 0 aliphatic carbocycles. The maximum atomic E-state index is 13.1. The number of methoxy groups -OCH3 is 2. The SMILES string of the molecule is COc1ccc(OC)c(N2C[C@H](c3nc4ccccc4n3Cc3cccc(C)c3)CC2=O)c1. The Morgan fingerprint density at radius 2 is 1.85 bits per heavy atom. The molecule has 1 aromatic heterocycles. The van der Waals surface area contributed by atoms with Crippen LogP contribution in [0.4, 0.5) is 5.69 Å². The van der Waals surface area contributed by atoms with Gasteiger partial charge in [-0.15, -0.1) is 0 Å². The summed E-state index contributed by atoms with van der Waals surface area (Å²) in [7, 11) is 3.23. The first-order valence-corrected chi connectivity index (χ1v) is 11.1. The van der Waals surface area contributed by atoms with Gasteiger partial charge in [-0.1, -0.05) is 42.0 Å². The molecule has 1 amide bonds. The highest BCUT2D eigenvalue weighted by Crippen LogP contribution is 2.39. The van der Waals surface area contributed by atoms with Gasteiger partial charge in [0.15, 0.2) is 0 Å². The lowest BCUT2D eigenvalue weighted by Crippen LogP contribution is -2.25. The molecule has 6 nitrogen and oxygen atoms in total. The smallest absolute Gasteiger partial charge is 0.227 e. The number of hydrogen-bond acceptors (Lipinski definition) is 4. The number of benzene rings is 3. The lowest BCUT2D eigenvalue weighted by Gasteiger charge is -2.20. The van der Waals surface area contributed by atoms with Crippen LogP contribution in [0.1, 0.15) is 29.3 Å². The van der Waals surface area contributed by atoms with E-state index in [2.05, 4.69) is 41.8 Å². The van der Waals surface area contributed by atoms with E-state index in [0.717, 1.165) is 22.5 Å². The van der Waals surface area contributed by atoms with Crippen molar-refractivity contribution in [2.24, 2.45) is 0 Å². The Hall–Kier alpha value is -3.80. The van der Waals surface area contributed by atoms with Crippen molar-refractivity contribution >= 4 is 22.6 Å². The number of ether oxygens (including phenoxy) is 2. The highest BCUT2D eigenvalue weighted by Gasteiger charge is 2.36. The second-order valence-electron chi connectivity index (χ2n) is 8.48. The summed E-state index contributed by atoms with van der Waals surface area (Å²) in [5.74, 6) is 2.31. The Kier molecular flexibility index (Phi) is 5.50. The number of carbonyl (C=O) groups excluding carboxylic acids is 1. The molecule has 6 heteroatoms. The number of fused-ring (bicyclic) bond motifs is 1. The van der Waals surface area contributed by atoms with Crippen LogP contribution in [0.5, 0.6) is 11.5 Å². The first-order valence-electron chi connectivity index (χ1n) is 11.1. The third kappa shape index (κ3) is 3.93. The zero-order chi connectivity index (χ0) is 22.9. The Balaban J connectivity index is 1.53. The molecule has 3 aromatic carbocycles. The van der Waals surface area contributed by atoms with E-state index < -0.39 is 0 Å². The molecule has 0 bridgehead atoms. The average molecular weight is 442 g/mol. The number of carbonyl (C=O) groups is 1. The maximum absolute atomic E-state index is 13.1. The number of anilines is 1. The minimum atomic E-state index is -0.0226. The number of imidazole rings is 1. The molecule has 0 saturated carbocycles. The number of para-hydroxylation sites is 2. The lowest BCUT2D eigenvalue weighted by atomic mass is 10.1. The Morgan fingerprint density at radius 3 is 2.64 bits per heavy atom. The number of aromatic nitrogens is 2. The molecule has 0 unspecified atom stereocenters. The molecule has 0 radical (unpaired) electrons. The fourth-order valence-corrected chi connectivity index (χ4v) is 4.69. The summed E-state index contributed by atoms with van der Waals surface area (Å²) >= 11 is 0. The predicted octanol–water partition coefficient (Wildman–Crippen LogP) is 4.93. The summed E-state index contributed by atoms with van der Waals surface area (Å²) in [6, 6.07) is 22.2. The van der Waals surface area contributed by atoms with Crippen LogP contribution in [0.25, 0.3) is 11.0 Å². The quantitative estimate of drug-likeness (QED) is 0.426. The molecule has 1 fully saturated rings. The molecule has 168 valence electrons. The zero-order valence-corrected chi connectivity index (χ0v) is 19.1. The van der Waals surface area contributed by atoms with Gasteiger partial charge in [-0.25, -0.2) is 4.98 Å². The summed E-state index contributed by atoms with van der Waals surface area (Å²) < 4.78 is 13.2. The third-order valence-electron chi connectivity index (χ3n) is 6.27. The fourth-order valence-electron chi connectivity index (χ4n) is 4.69. The standard InChI is InChI=1S/C27H27N3O3/c1-18-7-6-8-19(13-18)16-30-23-10-5-4-9-22(23)28-27(30)20-14-26(31)29(17-20)24-15-21(32-2)11-12-25(24)33-3/h4-13,15,20H,14,16-17H2,1-3H3/t20-/m1/s1. The molecule has 1 saturated heterocycles. The van der Waals surface area contributed by atoms with E-state index in [-0.39, 0.29) is 11.8 Å². The average Bonchev–Trinajstić information content (AvgIpc) is 3.39. The fraction of sp³-hybridized carbons (Fsp3) is 0.259. The first kappa shape index (κ1) is 21.1. The van der Waals surface area contributed by atoms with Gasteiger partial charge in [-0.2, -0.15) is 0 Å². The number of aryl methyl sites for hydroxylation is 1. The summed E-state index contributed by atoms with van der Waals surface area (Å²) in [6.07, 6.45) is 0.400. The van der Waals surface area contributed by atoms with Crippen LogP contribution >= 0.6 is 0 Å². The van der Waals surface area contributed by atoms with Crippen LogP contribution in [0.2, 0.25) is 0 Å². The van der Waals surface area contributed by atoms with Gasteiger partial charge in [0.05, 0.1) is 30.9 Å². The van der Waals surface area contributed by atoms with Gasteiger partial charge in [0.2, 0.25) is 5.91 Å². The molecule has 4 aromatic rings. The van der Waals surface area contributed by atoms with Gasteiger partial charge in [-0.3, -0.25) is 4.79 Å². The summed E-state index contributed by atoms with van der Waals surface area (Å²) in [5, 5.41) is 0. The van der Waals surface area contributed by atoms with Crippen molar-refractivity contribution in [3.8, 4) is 11.5 Å². The molecule has 0 N–H and O–H groups in total. The minimum absolute atomic E-state index is 0.0226. The minimum Gasteiger partial charge on any atom is -0.497 e. The zero-order valence-electron chi connectivity index (χ0n) is 19.1. The van der Waals surface area contributed by atoms with Crippen LogP contribution in [0, 0.1) is 6.92 Å². The largest absolute Gasteiger partial charge is 0.497 e. The number of rotatable bonds is 6. The molecule has 33 heavy (non-hydrogen) atoms. The van der Waals surface area contributed by atoms with E-state index in [0.29, 0.717) is 31.0 Å². The molecule has 2 heterocycles. The van der Waals surface area contributed by atoms with Crippen LogP contribution in [-0.4, -0.2) is 36.2 Å². The van der Waals surface area contributed by atoms with E-state index in [4.69, 9.17) is 14.5 Å². The van der Waals surface area contributed by atoms with Crippen molar-refractivity contribution < 1.29 is 14.3 Å². The number of hydrogen-bond donors (Lipinski definition) is 0. The first-order chi connectivity index (χ1) is 16.1. The second kappa shape index (κ2) is 8.62. The number of amides is 1. The van der Waals surface area contributed by atoms with Gasteiger partial charge in [-0.05, 0) is 36.8 Å². The Bertz CT molecular complexity index is 1330. The van der Waals surface area contributed by atoms with Gasteiger partial charge in [0.25, 0.3) is 0 Å². The Labute approximate surface area is 193 Å². The van der Waals surface area contributed by atoms with Crippen LogP contribution in [0.15, 0.2) is 66.7 Å². The van der Waals surface area contributed by atoms with Gasteiger partial charge in [0, 0.05) is 31.5 Å². The predicted molar refractivity (Wildman–Crippen MR) is 129 cm³/mol. The molecule has 0 spiro atoms. The molecule has 1 atom stereocenters. The molecular weight excluding hydrogens is 414 g/mol. The van der Waals surface area contributed by atoms with Crippen molar-refractivity contribution in [1.82, 2.24) is 9.55 Å². The normalized spacial score (nSPS) is 15.9. The number of nitrogens with zero attached hydrogens (tertiary/aromatic N) is 3. The van der Waals surface area contributed by atoms with Crippen molar-refractivity contribution in [3.05, 3.63) is 83.7 Å². The van der Waals surface area contributed by atoms with Crippen LogP contribution < -0.4 is 14.4 Å². The van der Waals surface area contributed by atoms with Crippen LogP contribution in [-0.2, 0) is 11.3 Å². The monoisotopic (exact) mass is 441 g/mol. The van der Waals surface area contributed by atoms with E-state index in [1.165, 1.54) is 11.1 Å².